The van der Waals surface area contributed by atoms with Crippen molar-refractivity contribution in [3.05, 3.63) is 34.9 Å². The summed E-state index contributed by atoms with van der Waals surface area (Å²) in [7, 11) is 0. The average Bonchev–Trinajstić information content (AvgIpc) is 3.07. The molecule has 2 aromatic rings. The van der Waals surface area contributed by atoms with Gasteiger partial charge in [0, 0.05) is 25.2 Å². The molecule has 0 bridgehead atoms. The monoisotopic (exact) mass is 290 g/mol. The van der Waals surface area contributed by atoms with E-state index in [1.165, 1.54) is 5.69 Å². The van der Waals surface area contributed by atoms with E-state index < -0.39 is 0 Å². The van der Waals surface area contributed by atoms with E-state index in [2.05, 4.69) is 48.5 Å². The predicted molar refractivity (Wildman–Crippen MR) is 83.7 cm³/mol. The minimum atomic E-state index is 0.0409. The van der Waals surface area contributed by atoms with Crippen LogP contribution in [0.2, 0.25) is 0 Å². The molecule has 6 nitrogen and oxygen atoms in total. The Morgan fingerprint density at radius 3 is 2.43 bits per heavy atom. The van der Waals surface area contributed by atoms with E-state index >= 15 is 0 Å². The maximum Gasteiger partial charge on any atom is 0.0684 e. The summed E-state index contributed by atoms with van der Waals surface area (Å²) in [5, 5.41) is 9.10. The first-order valence-corrected chi connectivity index (χ1v) is 7.68. The quantitative estimate of drug-likeness (QED) is 0.602. The van der Waals surface area contributed by atoms with Gasteiger partial charge >= 0.3 is 0 Å². The summed E-state index contributed by atoms with van der Waals surface area (Å²) in [5.41, 5.74) is 7.42. The van der Waals surface area contributed by atoms with Crippen molar-refractivity contribution < 1.29 is 0 Å². The topological polar surface area (TPSA) is 73.7 Å². The lowest BCUT2D eigenvalue weighted by atomic mass is 10.1. The fraction of sp³-hybridized carbons (Fsp3) is 0.600. The van der Waals surface area contributed by atoms with Crippen molar-refractivity contribution in [2.75, 3.05) is 0 Å². The van der Waals surface area contributed by atoms with Gasteiger partial charge in [-0.3, -0.25) is 20.6 Å². The van der Waals surface area contributed by atoms with Gasteiger partial charge in [0.25, 0.3) is 0 Å². The van der Waals surface area contributed by atoms with Crippen molar-refractivity contribution >= 4 is 0 Å². The summed E-state index contributed by atoms with van der Waals surface area (Å²) in [5.74, 6) is 5.80. The van der Waals surface area contributed by atoms with Crippen LogP contribution >= 0.6 is 0 Å². The van der Waals surface area contributed by atoms with Gasteiger partial charge in [-0.05, 0) is 39.3 Å². The second-order valence-electron chi connectivity index (χ2n) is 5.25. The highest BCUT2D eigenvalue weighted by Crippen LogP contribution is 2.20. The second kappa shape index (κ2) is 6.87. The molecule has 1 atom stereocenters. The van der Waals surface area contributed by atoms with Gasteiger partial charge in [0.2, 0.25) is 0 Å². The van der Waals surface area contributed by atoms with Crippen molar-refractivity contribution in [3.63, 3.8) is 0 Å². The van der Waals surface area contributed by atoms with Gasteiger partial charge in [-0.15, -0.1) is 0 Å². The van der Waals surface area contributed by atoms with E-state index in [0.29, 0.717) is 0 Å². The lowest BCUT2D eigenvalue weighted by Crippen LogP contribution is -2.32. The highest BCUT2D eigenvalue weighted by Gasteiger charge is 2.19. The first-order valence-electron chi connectivity index (χ1n) is 7.68. The molecule has 0 spiro atoms. The third-order valence-corrected chi connectivity index (χ3v) is 3.78. The molecule has 116 valence electrons. The van der Waals surface area contributed by atoms with Crippen LogP contribution in [0, 0.1) is 6.92 Å². The fourth-order valence-corrected chi connectivity index (χ4v) is 2.69. The van der Waals surface area contributed by atoms with Crippen molar-refractivity contribution in [1.29, 1.82) is 0 Å². The van der Waals surface area contributed by atoms with Crippen molar-refractivity contribution in [1.82, 2.24) is 25.0 Å². The van der Waals surface area contributed by atoms with Crippen LogP contribution in [0.5, 0.6) is 0 Å². The molecular formula is C15H26N6. The molecule has 0 aromatic carbocycles. The first kappa shape index (κ1) is 15.7. The molecule has 0 aliphatic carbocycles. The molecule has 6 heteroatoms. The predicted octanol–water partition coefficient (Wildman–Crippen LogP) is 1.74. The van der Waals surface area contributed by atoms with Crippen LogP contribution in [-0.2, 0) is 25.9 Å². The molecule has 0 saturated heterocycles. The third kappa shape index (κ3) is 3.33. The molecule has 21 heavy (non-hydrogen) atoms. The number of nitrogens with zero attached hydrogens (tertiary/aromatic N) is 4. The average molecular weight is 290 g/mol. The number of aryl methyl sites for hydroxylation is 4. The summed E-state index contributed by atoms with van der Waals surface area (Å²) < 4.78 is 4.07. The van der Waals surface area contributed by atoms with E-state index in [4.69, 9.17) is 5.84 Å². The molecule has 0 saturated carbocycles. The molecule has 2 aromatic heterocycles. The Kier molecular flexibility index (Phi) is 5.14. The Morgan fingerprint density at radius 1 is 1.14 bits per heavy atom. The zero-order valence-electron chi connectivity index (χ0n) is 13.4. The van der Waals surface area contributed by atoms with Gasteiger partial charge in [-0.25, -0.2) is 0 Å². The van der Waals surface area contributed by atoms with Crippen molar-refractivity contribution in [2.45, 2.75) is 59.7 Å². The summed E-state index contributed by atoms with van der Waals surface area (Å²) in [6.45, 7) is 10.1. The summed E-state index contributed by atoms with van der Waals surface area (Å²) in [6, 6.07) is 4.31. The molecule has 1 unspecified atom stereocenters. The molecule has 3 N–H and O–H groups in total. The first-order chi connectivity index (χ1) is 10.1. The van der Waals surface area contributed by atoms with Crippen LogP contribution in [-0.4, -0.2) is 19.6 Å². The largest absolute Gasteiger partial charge is 0.271 e. The molecule has 0 fully saturated rings. The second-order valence-corrected chi connectivity index (χ2v) is 5.25. The number of nitrogens with one attached hydrogen (secondary N) is 1. The normalized spacial score (nSPS) is 12.8. The molecule has 2 heterocycles. The lowest BCUT2D eigenvalue weighted by molar-refractivity contribution is 0.472. The van der Waals surface area contributed by atoms with Gasteiger partial charge < -0.3 is 0 Å². The van der Waals surface area contributed by atoms with Gasteiger partial charge in [0.15, 0.2) is 0 Å². The maximum atomic E-state index is 5.80. The minimum absolute atomic E-state index is 0.0409. The number of nitrogens with two attached hydrogens (primary N) is 1. The summed E-state index contributed by atoms with van der Waals surface area (Å²) in [4.78, 5) is 0. The summed E-state index contributed by atoms with van der Waals surface area (Å²) >= 11 is 0. The number of hydrazine groups is 1. The number of aromatic nitrogens is 4. The molecule has 0 amide bonds. The van der Waals surface area contributed by atoms with E-state index in [0.717, 1.165) is 43.0 Å². The van der Waals surface area contributed by atoms with Crippen LogP contribution in [0.1, 0.15) is 49.6 Å². The molecule has 0 radical (unpaired) electrons. The third-order valence-electron chi connectivity index (χ3n) is 3.78. The highest BCUT2D eigenvalue weighted by molar-refractivity contribution is 5.18. The van der Waals surface area contributed by atoms with Crippen LogP contribution in [0.3, 0.4) is 0 Å². The molecule has 0 aliphatic rings. The highest BCUT2D eigenvalue weighted by atomic mass is 15.3. The van der Waals surface area contributed by atoms with Gasteiger partial charge in [-0.2, -0.15) is 10.2 Å². The SMILES string of the molecule is CCc1cc(C(Cc2cc(C)nn2CC)NN)n(CC)n1. The summed E-state index contributed by atoms with van der Waals surface area (Å²) in [6.07, 6.45) is 1.74. The number of hydrogen-bond acceptors (Lipinski definition) is 4. The molecular weight excluding hydrogens is 264 g/mol. The standard InChI is InChI=1S/C15H26N6/c1-5-12-9-15(21(7-3)19-12)14(17-16)10-13-8-11(4)18-20(13)6-2/h8-9,14,17H,5-7,10,16H2,1-4H3. The van der Waals surface area contributed by atoms with Crippen LogP contribution in [0.4, 0.5) is 0 Å². The Labute approximate surface area is 126 Å². The van der Waals surface area contributed by atoms with E-state index in [1.54, 1.807) is 0 Å². The maximum absolute atomic E-state index is 5.80. The lowest BCUT2D eigenvalue weighted by Gasteiger charge is -2.17. The zero-order chi connectivity index (χ0) is 15.4. The van der Waals surface area contributed by atoms with E-state index in [9.17, 15) is 0 Å². The van der Waals surface area contributed by atoms with Crippen molar-refractivity contribution in [3.8, 4) is 0 Å². The smallest absolute Gasteiger partial charge is 0.0684 e. The van der Waals surface area contributed by atoms with E-state index in [-0.39, 0.29) is 6.04 Å². The van der Waals surface area contributed by atoms with Crippen LogP contribution < -0.4 is 11.3 Å². The van der Waals surface area contributed by atoms with Crippen LogP contribution in [0.15, 0.2) is 12.1 Å². The minimum Gasteiger partial charge on any atom is -0.271 e. The molecule has 0 aliphatic heterocycles. The van der Waals surface area contributed by atoms with Crippen LogP contribution in [0.25, 0.3) is 0 Å². The number of rotatable bonds is 7. The Balaban J connectivity index is 2.29. The van der Waals surface area contributed by atoms with Crippen molar-refractivity contribution in [2.24, 2.45) is 5.84 Å². The Morgan fingerprint density at radius 2 is 1.86 bits per heavy atom. The van der Waals surface area contributed by atoms with Gasteiger partial charge in [0.05, 0.1) is 23.1 Å². The zero-order valence-corrected chi connectivity index (χ0v) is 13.4. The Bertz CT molecular complexity index is 583. The Hall–Kier alpha value is -1.66. The van der Waals surface area contributed by atoms with Gasteiger partial charge in [0.1, 0.15) is 0 Å². The van der Waals surface area contributed by atoms with E-state index in [1.807, 2.05) is 16.3 Å². The fourth-order valence-electron chi connectivity index (χ4n) is 2.69. The molecule has 2 rings (SSSR count). The number of hydrogen-bond donors (Lipinski definition) is 2. The van der Waals surface area contributed by atoms with Gasteiger partial charge in [-0.1, -0.05) is 6.92 Å².